The Morgan fingerprint density at radius 3 is 2.23 bits per heavy atom. The van der Waals surface area contributed by atoms with Gasteiger partial charge in [-0.2, -0.15) is 0 Å². The molecule has 0 N–H and O–H groups in total. The highest BCUT2D eigenvalue weighted by atomic mass is 32.2. The topological polar surface area (TPSA) is 51.0 Å². The molecule has 0 saturated heterocycles. The Kier molecular flexibility index (Phi) is 5.70. The molecule has 0 unspecified atom stereocenters. The number of aromatic nitrogens is 3. The van der Waals surface area contributed by atoms with Crippen LogP contribution in [0.25, 0.3) is 5.69 Å². The summed E-state index contributed by atoms with van der Waals surface area (Å²) in [4.78, 5) is 14.9. The van der Waals surface area contributed by atoms with Gasteiger partial charge < -0.3 is 4.90 Å². The van der Waals surface area contributed by atoms with Crippen LogP contribution in [0.15, 0.2) is 35.5 Å². The minimum absolute atomic E-state index is 0.149. The van der Waals surface area contributed by atoms with E-state index in [-0.39, 0.29) is 23.2 Å². The van der Waals surface area contributed by atoms with Gasteiger partial charge in [0.1, 0.15) is 5.82 Å². The number of nitrogens with zero attached hydrogens (tertiary/aromatic N) is 4. The van der Waals surface area contributed by atoms with Gasteiger partial charge >= 0.3 is 0 Å². The molecule has 26 heavy (non-hydrogen) atoms. The Morgan fingerprint density at radius 2 is 1.69 bits per heavy atom. The molecule has 1 amide bonds. The minimum Gasteiger partial charge on any atom is -0.337 e. The van der Waals surface area contributed by atoms with E-state index in [0.717, 1.165) is 16.7 Å². The fraction of sp³-hybridized carbons (Fsp3) is 0.550. The van der Waals surface area contributed by atoms with E-state index in [9.17, 15) is 4.79 Å². The van der Waals surface area contributed by atoms with Crippen molar-refractivity contribution in [3.05, 3.63) is 36.2 Å². The zero-order chi connectivity index (χ0) is 18.8. The van der Waals surface area contributed by atoms with E-state index in [1.54, 1.807) is 0 Å². The number of para-hydroxylation sites is 1. The third kappa shape index (κ3) is 3.95. The lowest BCUT2D eigenvalue weighted by molar-refractivity contribution is -0.133. The molecule has 0 spiro atoms. The van der Waals surface area contributed by atoms with Gasteiger partial charge in [0, 0.05) is 23.7 Å². The zero-order valence-electron chi connectivity index (χ0n) is 16.2. The second-order valence-electron chi connectivity index (χ2n) is 7.48. The van der Waals surface area contributed by atoms with Crippen molar-refractivity contribution in [2.45, 2.75) is 75.9 Å². The lowest BCUT2D eigenvalue weighted by Gasteiger charge is -2.32. The number of hydrogen-bond donors (Lipinski definition) is 0. The third-order valence-electron chi connectivity index (χ3n) is 4.61. The SMILES string of the molecule is CC(C)N(C(=O)[C@H](C)Sc1nnc(C2CC2)n1-c1ccccc1)C(C)C. The average Bonchev–Trinajstić information content (AvgIpc) is 3.36. The maximum atomic E-state index is 13.0. The molecule has 0 radical (unpaired) electrons. The van der Waals surface area contributed by atoms with Crippen molar-refractivity contribution in [2.75, 3.05) is 0 Å². The first-order valence-corrected chi connectivity index (χ1v) is 10.3. The van der Waals surface area contributed by atoms with Crippen LogP contribution in [0.4, 0.5) is 0 Å². The molecule has 0 bridgehead atoms. The molecule has 1 aliphatic carbocycles. The van der Waals surface area contributed by atoms with Crippen molar-refractivity contribution in [1.29, 1.82) is 0 Å². The average molecular weight is 373 g/mol. The number of benzene rings is 1. The monoisotopic (exact) mass is 372 g/mol. The molecule has 0 aliphatic heterocycles. The Bertz CT molecular complexity index is 744. The lowest BCUT2D eigenvalue weighted by Crippen LogP contribution is -2.45. The predicted octanol–water partition coefficient (Wildman–Crippen LogP) is 4.27. The second kappa shape index (κ2) is 7.82. The summed E-state index contributed by atoms with van der Waals surface area (Å²) in [5, 5.41) is 9.47. The number of amides is 1. The van der Waals surface area contributed by atoms with Gasteiger partial charge in [-0.25, -0.2) is 0 Å². The highest BCUT2D eigenvalue weighted by Crippen LogP contribution is 2.41. The Labute approximate surface area is 160 Å². The predicted molar refractivity (Wildman–Crippen MR) is 106 cm³/mol. The summed E-state index contributed by atoms with van der Waals surface area (Å²) in [6.45, 7) is 10.2. The first-order chi connectivity index (χ1) is 12.4. The number of carbonyl (C=O) groups excluding carboxylic acids is 1. The van der Waals surface area contributed by atoms with E-state index in [1.807, 2.05) is 30.0 Å². The molecule has 1 aromatic heterocycles. The third-order valence-corrected chi connectivity index (χ3v) is 5.64. The lowest BCUT2D eigenvalue weighted by atomic mass is 10.2. The first kappa shape index (κ1) is 19.0. The van der Waals surface area contributed by atoms with E-state index in [4.69, 9.17) is 0 Å². The van der Waals surface area contributed by atoms with Crippen LogP contribution in [-0.2, 0) is 4.79 Å². The normalized spacial score (nSPS) is 15.5. The van der Waals surface area contributed by atoms with Gasteiger partial charge in [0.15, 0.2) is 5.16 Å². The summed E-state index contributed by atoms with van der Waals surface area (Å²) >= 11 is 1.50. The van der Waals surface area contributed by atoms with Crippen molar-refractivity contribution >= 4 is 17.7 Å². The summed E-state index contributed by atoms with van der Waals surface area (Å²) < 4.78 is 2.13. The van der Waals surface area contributed by atoms with Crippen molar-refractivity contribution in [2.24, 2.45) is 0 Å². The van der Waals surface area contributed by atoms with Crippen LogP contribution in [0.3, 0.4) is 0 Å². The minimum atomic E-state index is -0.210. The van der Waals surface area contributed by atoms with Crippen molar-refractivity contribution in [3.8, 4) is 5.69 Å². The highest BCUT2D eigenvalue weighted by Gasteiger charge is 2.33. The molecule has 1 aromatic carbocycles. The van der Waals surface area contributed by atoms with Gasteiger partial charge in [0.2, 0.25) is 5.91 Å². The number of carbonyl (C=O) groups is 1. The number of hydrogen-bond acceptors (Lipinski definition) is 4. The van der Waals surface area contributed by atoms with Gasteiger partial charge in [-0.3, -0.25) is 9.36 Å². The first-order valence-electron chi connectivity index (χ1n) is 9.39. The standard InChI is InChI=1S/C20H28N4OS/c1-13(2)23(14(3)4)19(25)15(5)26-20-22-21-18(16-11-12-16)24(20)17-9-7-6-8-10-17/h6-10,13-16H,11-12H2,1-5H3/t15-/m0/s1. The van der Waals surface area contributed by atoms with Gasteiger partial charge in [0.05, 0.1) is 5.25 Å². The zero-order valence-corrected chi connectivity index (χ0v) is 17.0. The molecule has 1 heterocycles. The van der Waals surface area contributed by atoms with E-state index in [1.165, 1.54) is 24.6 Å². The number of thioether (sulfide) groups is 1. The van der Waals surface area contributed by atoms with Crippen LogP contribution < -0.4 is 0 Å². The largest absolute Gasteiger partial charge is 0.337 e. The van der Waals surface area contributed by atoms with Crippen molar-refractivity contribution in [1.82, 2.24) is 19.7 Å². The highest BCUT2D eigenvalue weighted by molar-refractivity contribution is 8.00. The quantitative estimate of drug-likeness (QED) is 0.681. The molecule has 1 atom stereocenters. The molecule has 5 nitrogen and oxygen atoms in total. The van der Waals surface area contributed by atoms with E-state index >= 15 is 0 Å². The van der Waals surface area contributed by atoms with Crippen molar-refractivity contribution < 1.29 is 4.79 Å². The maximum absolute atomic E-state index is 13.0. The van der Waals surface area contributed by atoms with Gasteiger partial charge in [-0.1, -0.05) is 30.0 Å². The summed E-state index contributed by atoms with van der Waals surface area (Å²) in [7, 11) is 0. The Hall–Kier alpha value is -1.82. The summed E-state index contributed by atoms with van der Waals surface area (Å²) in [6.07, 6.45) is 2.33. The van der Waals surface area contributed by atoms with Crippen molar-refractivity contribution in [3.63, 3.8) is 0 Å². The van der Waals surface area contributed by atoms with Crippen LogP contribution in [0.1, 0.15) is 59.2 Å². The van der Waals surface area contributed by atoms with Crippen LogP contribution in [-0.4, -0.2) is 42.9 Å². The van der Waals surface area contributed by atoms with Gasteiger partial charge in [0.25, 0.3) is 0 Å². The molecule has 3 rings (SSSR count). The fourth-order valence-electron chi connectivity index (χ4n) is 3.31. The van der Waals surface area contributed by atoms with Crippen LogP contribution >= 0.6 is 11.8 Å². The fourth-order valence-corrected chi connectivity index (χ4v) is 4.24. The van der Waals surface area contributed by atoms with Gasteiger partial charge in [-0.05, 0) is 59.6 Å². The van der Waals surface area contributed by atoms with Crippen LogP contribution in [0.5, 0.6) is 0 Å². The molecule has 140 valence electrons. The molecule has 1 saturated carbocycles. The summed E-state index contributed by atoms with van der Waals surface area (Å²) in [6, 6.07) is 10.6. The van der Waals surface area contributed by atoms with Crippen LogP contribution in [0.2, 0.25) is 0 Å². The van der Waals surface area contributed by atoms with E-state index in [2.05, 4.69) is 54.6 Å². The smallest absolute Gasteiger partial charge is 0.236 e. The molecule has 1 fully saturated rings. The number of rotatable bonds is 7. The van der Waals surface area contributed by atoms with E-state index < -0.39 is 0 Å². The molecule has 2 aromatic rings. The molecule has 6 heteroatoms. The Morgan fingerprint density at radius 1 is 1.08 bits per heavy atom. The van der Waals surface area contributed by atoms with Gasteiger partial charge in [-0.15, -0.1) is 10.2 Å². The summed E-state index contributed by atoms with van der Waals surface area (Å²) in [5.74, 6) is 1.66. The second-order valence-corrected chi connectivity index (χ2v) is 8.79. The molecule has 1 aliphatic rings. The maximum Gasteiger partial charge on any atom is 0.236 e. The molecular weight excluding hydrogens is 344 g/mol. The summed E-state index contributed by atoms with van der Waals surface area (Å²) in [5.41, 5.74) is 1.06. The van der Waals surface area contributed by atoms with E-state index in [0.29, 0.717) is 5.92 Å². The van der Waals surface area contributed by atoms with Crippen LogP contribution in [0, 0.1) is 0 Å². The molecular formula is C20H28N4OS. The Balaban J connectivity index is 1.87.